The molecule has 1 aliphatic heterocycles. The molecule has 17 heavy (non-hydrogen) atoms. The molecule has 0 radical (unpaired) electrons. The summed E-state index contributed by atoms with van der Waals surface area (Å²) < 4.78 is 0.866. The Morgan fingerprint density at radius 1 is 1.53 bits per heavy atom. The summed E-state index contributed by atoms with van der Waals surface area (Å²) in [6.07, 6.45) is 2.23. The first-order valence-electron chi connectivity index (χ1n) is 5.50. The van der Waals surface area contributed by atoms with Crippen molar-refractivity contribution in [2.24, 2.45) is 0 Å². The number of thioether (sulfide) groups is 1. The van der Waals surface area contributed by atoms with Crippen molar-refractivity contribution >= 4 is 45.2 Å². The van der Waals surface area contributed by atoms with Crippen molar-refractivity contribution in [3.63, 3.8) is 0 Å². The van der Waals surface area contributed by atoms with Crippen molar-refractivity contribution in [2.75, 3.05) is 11.5 Å². The van der Waals surface area contributed by atoms with Crippen LogP contribution >= 0.6 is 39.3 Å². The lowest BCUT2D eigenvalue weighted by molar-refractivity contribution is 0.0938. The van der Waals surface area contributed by atoms with E-state index in [0.717, 1.165) is 16.6 Å². The minimum absolute atomic E-state index is 0.0798. The van der Waals surface area contributed by atoms with Gasteiger partial charge >= 0.3 is 0 Å². The van der Waals surface area contributed by atoms with Gasteiger partial charge in [-0.25, -0.2) is 0 Å². The zero-order valence-corrected chi connectivity index (χ0v) is 12.4. The first kappa shape index (κ1) is 13.2. The molecule has 1 fully saturated rings. The Hall–Kier alpha value is -0.190. The van der Waals surface area contributed by atoms with Crippen molar-refractivity contribution in [1.82, 2.24) is 5.32 Å². The molecular formula is C12H13BrClNOS. The van der Waals surface area contributed by atoms with E-state index in [4.69, 9.17) is 11.6 Å². The summed E-state index contributed by atoms with van der Waals surface area (Å²) in [5.41, 5.74) is 0.539. The van der Waals surface area contributed by atoms with E-state index in [1.54, 1.807) is 12.1 Å². The molecule has 1 saturated heterocycles. The Morgan fingerprint density at radius 2 is 2.35 bits per heavy atom. The molecule has 1 unspecified atom stereocenters. The van der Waals surface area contributed by atoms with Gasteiger partial charge in [-0.05, 0) is 36.8 Å². The predicted molar refractivity (Wildman–Crippen MR) is 77.0 cm³/mol. The number of benzene rings is 1. The van der Waals surface area contributed by atoms with Crippen molar-refractivity contribution in [3.05, 3.63) is 33.3 Å². The van der Waals surface area contributed by atoms with Crippen molar-refractivity contribution in [3.8, 4) is 0 Å². The zero-order chi connectivity index (χ0) is 12.3. The highest BCUT2D eigenvalue weighted by atomic mass is 79.9. The maximum Gasteiger partial charge on any atom is 0.253 e. The van der Waals surface area contributed by atoms with Gasteiger partial charge in [0.05, 0.1) is 10.6 Å². The Bertz CT molecular complexity index is 421. The summed E-state index contributed by atoms with van der Waals surface area (Å²) in [5.74, 6) is 2.12. The lowest BCUT2D eigenvalue weighted by Crippen LogP contribution is -2.38. The van der Waals surface area contributed by atoms with Gasteiger partial charge in [0.1, 0.15) is 0 Å². The number of rotatable bonds is 2. The SMILES string of the molecule is O=C(NC1CCCSC1)c1cc(Br)ccc1Cl. The number of nitrogens with one attached hydrogen (secondary N) is 1. The van der Waals surface area contributed by atoms with Gasteiger partial charge in [-0.15, -0.1) is 0 Å². The molecule has 2 rings (SSSR count). The molecule has 1 atom stereocenters. The van der Waals surface area contributed by atoms with Crippen LogP contribution in [0.2, 0.25) is 5.02 Å². The van der Waals surface area contributed by atoms with Crippen LogP contribution < -0.4 is 5.32 Å². The molecule has 5 heteroatoms. The fourth-order valence-corrected chi connectivity index (χ4v) is 3.43. The quantitative estimate of drug-likeness (QED) is 0.893. The van der Waals surface area contributed by atoms with E-state index in [0.29, 0.717) is 10.6 Å². The summed E-state index contributed by atoms with van der Waals surface area (Å²) in [4.78, 5) is 12.1. The first-order chi connectivity index (χ1) is 8.16. The Balaban J connectivity index is 2.05. The van der Waals surface area contributed by atoms with E-state index < -0.39 is 0 Å². The number of hydrogen-bond donors (Lipinski definition) is 1. The van der Waals surface area contributed by atoms with Crippen molar-refractivity contribution in [1.29, 1.82) is 0 Å². The molecule has 1 aliphatic rings. The molecule has 1 amide bonds. The van der Waals surface area contributed by atoms with E-state index in [2.05, 4.69) is 21.2 Å². The van der Waals surface area contributed by atoms with Gasteiger partial charge in [0.25, 0.3) is 5.91 Å². The third-order valence-corrected chi connectivity index (χ3v) is 4.71. The van der Waals surface area contributed by atoms with E-state index in [9.17, 15) is 4.79 Å². The number of carbonyl (C=O) groups excluding carboxylic acids is 1. The summed E-state index contributed by atoms with van der Waals surface area (Å²) in [6.45, 7) is 0. The van der Waals surface area contributed by atoms with Crippen LogP contribution in [0.5, 0.6) is 0 Å². The molecular weight excluding hydrogens is 322 g/mol. The van der Waals surface area contributed by atoms with Crippen LogP contribution in [0.3, 0.4) is 0 Å². The van der Waals surface area contributed by atoms with Gasteiger partial charge in [0.15, 0.2) is 0 Å². The Morgan fingerprint density at radius 3 is 3.06 bits per heavy atom. The zero-order valence-electron chi connectivity index (χ0n) is 9.21. The monoisotopic (exact) mass is 333 g/mol. The maximum absolute atomic E-state index is 12.1. The number of carbonyl (C=O) groups is 1. The van der Waals surface area contributed by atoms with E-state index >= 15 is 0 Å². The second-order valence-corrected chi connectivity index (χ2v) is 6.48. The molecule has 1 aromatic carbocycles. The van der Waals surface area contributed by atoms with Crippen LogP contribution in [0.1, 0.15) is 23.2 Å². The largest absolute Gasteiger partial charge is 0.348 e. The summed E-state index contributed by atoms with van der Waals surface area (Å²) in [6, 6.07) is 5.59. The standard InChI is InChI=1S/C12H13BrClNOS/c13-8-3-4-11(14)10(6-8)12(16)15-9-2-1-5-17-7-9/h3-4,6,9H,1-2,5,7H2,(H,15,16). The minimum Gasteiger partial charge on any atom is -0.348 e. The molecule has 0 spiro atoms. The second-order valence-electron chi connectivity index (χ2n) is 4.01. The molecule has 1 heterocycles. The van der Waals surface area contributed by atoms with Gasteiger partial charge in [-0.3, -0.25) is 4.79 Å². The van der Waals surface area contributed by atoms with E-state index in [-0.39, 0.29) is 11.9 Å². The first-order valence-corrected chi connectivity index (χ1v) is 7.83. The van der Waals surface area contributed by atoms with Gasteiger partial charge < -0.3 is 5.32 Å². The lowest BCUT2D eigenvalue weighted by Gasteiger charge is -2.22. The molecule has 1 aromatic rings. The smallest absolute Gasteiger partial charge is 0.253 e. The molecule has 2 nitrogen and oxygen atoms in total. The average Bonchev–Trinajstić information content (AvgIpc) is 2.33. The molecule has 0 aliphatic carbocycles. The lowest BCUT2D eigenvalue weighted by atomic mass is 10.1. The predicted octanol–water partition coefficient (Wildman–Crippen LogP) is 3.73. The van der Waals surface area contributed by atoms with Crippen LogP contribution in [-0.2, 0) is 0 Å². The summed E-state index contributed by atoms with van der Waals surface area (Å²) in [7, 11) is 0. The fraction of sp³-hybridized carbons (Fsp3) is 0.417. The van der Waals surface area contributed by atoms with Crippen LogP contribution in [0.15, 0.2) is 22.7 Å². The average molecular weight is 335 g/mol. The third kappa shape index (κ3) is 3.63. The minimum atomic E-state index is -0.0798. The highest BCUT2D eigenvalue weighted by Gasteiger charge is 2.18. The molecule has 0 bridgehead atoms. The van der Waals surface area contributed by atoms with Crippen LogP contribution in [-0.4, -0.2) is 23.5 Å². The molecule has 92 valence electrons. The molecule has 1 N–H and O–H groups in total. The van der Waals surface area contributed by atoms with Gasteiger partial charge in [0, 0.05) is 16.3 Å². The second kappa shape index (κ2) is 6.12. The Labute approximate surface area is 119 Å². The number of amides is 1. The maximum atomic E-state index is 12.1. The van der Waals surface area contributed by atoms with Crippen LogP contribution in [0.25, 0.3) is 0 Å². The van der Waals surface area contributed by atoms with Crippen molar-refractivity contribution < 1.29 is 4.79 Å². The van der Waals surface area contributed by atoms with Crippen LogP contribution in [0.4, 0.5) is 0 Å². The third-order valence-electron chi connectivity index (χ3n) is 2.67. The fourth-order valence-electron chi connectivity index (χ4n) is 1.79. The van der Waals surface area contributed by atoms with E-state index in [1.165, 1.54) is 12.2 Å². The summed E-state index contributed by atoms with van der Waals surface area (Å²) in [5, 5.41) is 3.53. The molecule has 0 aromatic heterocycles. The van der Waals surface area contributed by atoms with Gasteiger partial charge in [0.2, 0.25) is 0 Å². The number of hydrogen-bond acceptors (Lipinski definition) is 2. The van der Waals surface area contributed by atoms with Crippen LogP contribution in [0, 0.1) is 0 Å². The van der Waals surface area contributed by atoms with Gasteiger partial charge in [-0.1, -0.05) is 27.5 Å². The number of halogens is 2. The Kier molecular flexibility index (Phi) is 4.77. The van der Waals surface area contributed by atoms with E-state index in [1.807, 2.05) is 17.8 Å². The highest BCUT2D eigenvalue weighted by Crippen LogP contribution is 2.22. The van der Waals surface area contributed by atoms with Gasteiger partial charge in [-0.2, -0.15) is 11.8 Å². The molecule has 0 saturated carbocycles. The van der Waals surface area contributed by atoms with Crippen molar-refractivity contribution in [2.45, 2.75) is 18.9 Å². The normalized spacial score (nSPS) is 20.0. The highest BCUT2D eigenvalue weighted by molar-refractivity contribution is 9.10. The topological polar surface area (TPSA) is 29.1 Å². The summed E-state index contributed by atoms with van der Waals surface area (Å²) >= 11 is 11.3.